The summed E-state index contributed by atoms with van der Waals surface area (Å²) in [4.78, 5) is 5.59. The smallest absolute Gasteiger partial charge is 0.222 e. The van der Waals surface area contributed by atoms with Gasteiger partial charge in [-0.2, -0.15) is 10.1 Å². The number of fused-ring (bicyclic) bond motifs is 1. The maximum absolute atomic E-state index is 5.55. The maximum atomic E-state index is 5.55. The third-order valence-electron chi connectivity index (χ3n) is 3.39. The maximum Gasteiger partial charge on any atom is 0.222 e. The fourth-order valence-electron chi connectivity index (χ4n) is 2.51. The standard InChI is InChI=1S/C13H12N4OS/c1-3-11(18-5-1)10-7-9(12-4-2-6-19-12)16-13-14-8-15-17(10)13/h1-6,8-10H,7H2,(H,14,15,16)/t9-,10+/m0/s1. The molecule has 0 saturated carbocycles. The highest BCUT2D eigenvalue weighted by Gasteiger charge is 2.31. The molecule has 5 nitrogen and oxygen atoms in total. The number of rotatable bonds is 2. The lowest BCUT2D eigenvalue weighted by molar-refractivity contribution is 0.360. The van der Waals surface area contributed by atoms with Crippen LogP contribution in [0.2, 0.25) is 0 Å². The fourth-order valence-corrected chi connectivity index (χ4v) is 3.30. The van der Waals surface area contributed by atoms with E-state index in [9.17, 15) is 0 Å². The summed E-state index contributed by atoms with van der Waals surface area (Å²) in [5, 5.41) is 9.82. The van der Waals surface area contributed by atoms with E-state index in [0.717, 1.165) is 18.1 Å². The van der Waals surface area contributed by atoms with Crippen molar-refractivity contribution in [2.45, 2.75) is 18.5 Å². The molecule has 19 heavy (non-hydrogen) atoms. The molecule has 4 rings (SSSR count). The highest BCUT2D eigenvalue weighted by molar-refractivity contribution is 7.10. The zero-order valence-electron chi connectivity index (χ0n) is 10.1. The third-order valence-corrected chi connectivity index (χ3v) is 4.37. The molecule has 1 aliphatic rings. The molecule has 0 spiro atoms. The first kappa shape index (κ1) is 10.8. The molecule has 96 valence electrons. The van der Waals surface area contributed by atoms with Crippen LogP contribution in [0.25, 0.3) is 0 Å². The molecule has 1 aliphatic heterocycles. The average Bonchev–Trinajstić information content (AvgIpc) is 3.18. The average molecular weight is 272 g/mol. The van der Waals surface area contributed by atoms with E-state index in [-0.39, 0.29) is 12.1 Å². The molecule has 4 heterocycles. The molecular formula is C13H12N4OS. The topological polar surface area (TPSA) is 55.9 Å². The summed E-state index contributed by atoms with van der Waals surface area (Å²) in [6.07, 6.45) is 4.19. The van der Waals surface area contributed by atoms with Gasteiger partial charge in [-0.25, -0.2) is 4.68 Å². The molecule has 0 saturated heterocycles. The van der Waals surface area contributed by atoms with Crippen LogP contribution in [0.3, 0.4) is 0 Å². The van der Waals surface area contributed by atoms with Gasteiger partial charge in [-0.3, -0.25) is 0 Å². The number of thiophene rings is 1. The second-order valence-electron chi connectivity index (χ2n) is 4.51. The third kappa shape index (κ3) is 1.76. The van der Waals surface area contributed by atoms with Crippen LogP contribution in [0.5, 0.6) is 0 Å². The Kier molecular flexibility index (Phi) is 2.41. The Balaban J connectivity index is 1.75. The highest BCUT2D eigenvalue weighted by atomic mass is 32.1. The van der Waals surface area contributed by atoms with Crippen LogP contribution < -0.4 is 5.32 Å². The molecule has 0 fully saturated rings. The van der Waals surface area contributed by atoms with Gasteiger partial charge < -0.3 is 9.73 Å². The molecule has 0 aromatic carbocycles. The first-order chi connectivity index (χ1) is 9.42. The minimum atomic E-state index is 0.0980. The zero-order chi connectivity index (χ0) is 12.7. The molecule has 0 bridgehead atoms. The first-order valence-electron chi connectivity index (χ1n) is 6.14. The van der Waals surface area contributed by atoms with Crippen molar-refractivity contribution in [3.05, 3.63) is 52.9 Å². The molecular weight excluding hydrogens is 260 g/mol. The zero-order valence-corrected chi connectivity index (χ0v) is 10.9. The lowest BCUT2D eigenvalue weighted by Crippen LogP contribution is -2.27. The molecule has 0 unspecified atom stereocenters. The highest BCUT2D eigenvalue weighted by Crippen LogP contribution is 2.38. The van der Waals surface area contributed by atoms with E-state index >= 15 is 0 Å². The summed E-state index contributed by atoms with van der Waals surface area (Å²) in [6, 6.07) is 8.48. The molecule has 0 amide bonds. The van der Waals surface area contributed by atoms with E-state index in [4.69, 9.17) is 4.42 Å². The normalized spacial score (nSPS) is 21.9. The van der Waals surface area contributed by atoms with Crippen molar-refractivity contribution in [2.24, 2.45) is 0 Å². The van der Waals surface area contributed by atoms with Gasteiger partial charge in [0.2, 0.25) is 5.95 Å². The SMILES string of the molecule is c1coc([C@H]2C[C@@H](c3cccs3)Nc3ncnn32)c1. The van der Waals surface area contributed by atoms with Crippen LogP contribution in [0.15, 0.2) is 46.7 Å². The molecule has 3 aromatic heterocycles. The summed E-state index contributed by atoms with van der Waals surface area (Å²) >= 11 is 1.76. The van der Waals surface area contributed by atoms with Crippen molar-refractivity contribution < 1.29 is 4.42 Å². The van der Waals surface area contributed by atoms with Crippen molar-refractivity contribution in [2.75, 3.05) is 5.32 Å². The summed E-state index contributed by atoms with van der Waals surface area (Å²) in [5.41, 5.74) is 0. The van der Waals surface area contributed by atoms with Crippen LogP contribution in [-0.2, 0) is 0 Å². The minimum absolute atomic E-state index is 0.0980. The summed E-state index contributed by atoms with van der Waals surface area (Å²) < 4.78 is 7.44. The summed E-state index contributed by atoms with van der Waals surface area (Å²) in [5.74, 6) is 1.72. The monoisotopic (exact) mass is 272 g/mol. The molecule has 3 aromatic rings. The van der Waals surface area contributed by atoms with Crippen molar-refractivity contribution >= 4 is 17.3 Å². The number of aromatic nitrogens is 3. The number of furan rings is 1. The summed E-state index contributed by atoms with van der Waals surface area (Å²) in [7, 11) is 0. The first-order valence-corrected chi connectivity index (χ1v) is 7.02. The van der Waals surface area contributed by atoms with Gasteiger partial charge in [0, 0.05) is 11.3 Å². The van der Waals surface area contributed by atoms with Gasteiger partial charge in [0.25, 0.3) is 0 Å². The lowest BCUT2D eigenvalue weighted by Gasteiger charge is -2.29. The van der Waals surface area contributed by atoms with E-state index in [2.05, 4.69) is 32.9 Å². The predicted molar refractivity (Wildman–Crippen MR) is 72.2 cm³/mol. The van der Waals surface area contributed by atoms with Crippen molar-refractivity contribution in [1.82, 2.24) is 14.8 Å². The van der Waals surface area contributed by atoms with Gasteiger partial charge in [0.05, 0.1) is 12.3 Å². The van der Waals surface area contributed by atoms with Gasteiger partial charge in [-0.15, -0.1) is 11.3 Å². The second kappa shape index (κ2) is 4.24. The molecule has 0 aliphatic carbocycles. The van der Waals surface area contributed by atoms with Gasteiger partial charge >= 0.3 is 0 Å². The van der Waals surface area contributed by atoms with Crippen molar-refractivity contribution in [3.63, 3.8) is 0 Å². The Labute approximate surface area is 113 Å². The number of hydrogen-bond acceptors (Lipinski definition) is 5. The van der Waals surface area contributed by atoms with Crippen molar-refractivity contribution in [3.8, 4) is 0 Å². The lowest BCUT2D eigenvalue weighted by atomic mass is 10.0. The van der Waals surface area contributed by atoms with E-state index in [1.165, 1.54) is 4.88 Å². The van der Waals surface area contributed by atoms with Crippen molar-refractivity contribution in [1.29, 1.82) is 0 Å². The van der Waals surface area contributed by atoms with Crippen LogP contribution >= 0.6 is 11.3 Å². The number of hydrogen-bond donors (Lipinski definition) is 1. The Hall–Kier alpha value is -2.08. The van der Waals surface area contributed by atoms with Gasteiger partial charge in [0.15, 0.2) is 0 Å². The predicted octanol–water partition coefficient (Wildman–Crippen LogP) is 3.08. The fraction of sp³-hybridized carbons (Fsp3) is 0.231. The Bertz CT molecular complexity index is 659. The van der Waals surface area contributed by atoms with Crippen LogP contribution in [0.4, 0.5) is 5.95 Å². The Morgan fingerprint density at radius 1 is 1.37 bits per heavy atom. The molecule has 0 radical (unpaired) electrons. The van der Waals surface area contributed by atoms with Crippen LogP contribution in [-0.4, -0.2) is 14.8 Å². The summed E-state index contributed by atoms with van der Waals surface area (Å²) in [6.45, 7) is 0. The minimum Gasteiger partial charge on any atom is -0.467 e. The van der Waals surface area contributed by atoms with Crippen LogP contribution in [0.1, 0.15) is 29.1 Å². The number of nitrogens with zero attached hydrogens (tertiary/aromatic N) is 3. The Morgan fingerprint density at radius 2 is 2.37 bits per heavy atom. The number of anilines is 1. The van der Waals surface area contributed by atoms with Gasteiger partial charge in [-0.1, -0.05) is 6.07 Å². The largest absolute Gasteiger partial charge is 0.467 e. The van der Waals surface area contributed by atoms with Gasteiger partial charge in [0.1, 0.15) is 18.1 Å². The van der Waals surface area contributed by atoms with E-state index in [1.54, 1.807) is 23.9 Å². The molecule has 1 N–H and O–H groups in total. The Morgan fingerprint density at radius 3 is 3.16 bits per heavy atom. The van der Waals surface area contributed by atoms with E-state index in [1.807, 2.05) is 16.8 Å². The van der Waals surface area contributed by atoms with E-state index in [0.29, 0.717) is 0 Å². The quantitative estimate of drug-likeness (QED) is 0.779. The number of nitrogens with one attached hydrogen (secondary N) is 1. The van der Waals surface area contributed by atoms with Crippen LogP contribution in [0, 0.1) is 0 Å². The molecule has 6 heteroatoms. The molecule has 2 atom stereocenters. The van der Waals surface area contributed by atoms with Gasteiger partial charge in [-0.05, 0) is 23.6 Å². The van der Waals surface area contributed by atoms with E-state index < -0.39 is 0 Å². The second-order valence-corrected chi connectivity index (χ2v) is 5.49.